The number of benzene rings is 1. The van der Waals surface area contributed by atoms with Gasteiger partial charge in [-0.25, -0.2) is 18.7 Å². The fraction of sp³-hybridized carbons (Fsp3) is 0.435. The van der Waals surface area contributed by atoms with Gasteiger partial charge in [0.2, 0.25) is 0 Å². The Morgan fingerprint density at radius 2 is 2.10 bits per heavy atom. The molecule has 0 fully saturated rings. The molecule has 3 rings (SSSR count). The summed E-state index contributed by atoms with van der Waals surface area (Å²) in [6.45, 7) is 6.39. The number of nitrogens with zero attached hydrogens (tertiary/aromatic N) is 3. The van der Waals surface area contributed by atoms with Crippen LogP contribution < -0.4 is 0 Å². The van der Waals surface area contributed by atoms with E-state index in [2.05, 4.69) is 9.97 Å². The maximum atomic E-state index is 14.7. The maximum Gasteiger partial charge on any atom is 0.162 e. The van der Waals surface area contributed by atoms with E-state index in [-0.39, 0.29) is 23.5 Å². The predicted molar refractivity (Wildman–Crippen MR) is 112 cm³/mol. The summed E-state index contributed by atoms with van der Waals surface area (Å²) in [5.74, 6) is -0.340. The van der Waals surface area contributed by atoms with Gasteiger partial charge in [0, 0.05) is 30.9 Å². The van der Waals surface area contributed by atoms with Crippen molar-refractivity contribution in [3.8, 4) is 11.4 Å². The molecule has 160 valence electrons. The van der Waals surface area contributed by atoms with Crippen molar-refractivity contribution in [2.24, 2.45) is 0 Å². The van der Waals surface area contributed by atoms with Crippen LogP contribution in [0.5, 0.6) is 0 Å². The largest absolute Gasteiger partial charge is 0.377 e. The Morgan fingerprint density at radius 1 is 1.33 bits per heavy atom. The Labute approximate surface area is 175 Å². The summed E-state index contributed by atoms with van der Waals surface area (Å²) < 4.78 is 34.2. The van der Waals surface area contributed by atoms with Crippen LogP contribution in [0, 0.1) is 5.82 Å². The molecule has 0 amide bonds. The molecule has 1 aromatic carbocycles. The summed E-state index contributed by atoms with van der Waals surface area (Å²) in [6.07, 6.45) is 5.96. The number of carbonyl (C=O) groups is 1. The van der Waals surface area contributed by atoms with E-state index in [1.54, 1.807) is 36.5 Å². The third-order valence-electron chi connectivity index (χ3n) is 5.22. The molecule has 0 radical (unpaired) electrons. The van der Waals surface area contributed by atoms with Crippen LogP contribution in [0.15, 0.2) is 24.5 Å². The number of aldehydes is 1. The Balaban J connectivity index is 1.91. The SMILES string of the molecule is CCCC(F)CN(C)/C=C\c1cc(-c2ncc3c(n2)COC3(C)C)c(F)cc1C=O. The first-order chi connectivity index (χ1) is 14.2. The molecule has 1 aliphatic heterocycles. The van der Waals surface area contributed by atoms with Gasteiger partial charge in [0.05, 0.1) is 23.5 Å². The van der Waals surface area contributed by atoms with Crippen LogP contribution >= 0.6 is 0 Å². The number of aromatic nitrogens is 2. The molecule has 2 heterocycles. The van der Waals surface area contributed by atoms with Gasteiger partial charge >= 0.3 is 0 Å². The van der Waals surface area contributed by atoms with Gasteiger partial charge in [-0.1, -0.05) is 13.3 Å². The van der Waals surface area contributed by atoms with Crippen molar-refractivity contribution in [1.82, 2.24) is 14.9 Å². The molecule has 0 bridgehead atoms. The second-order valence-electron chi connectivity index (χ2n) is 8.07. The van der Waals surface area contributed by atoms with Gasteiger partial charge in [0.1, 0.15) is 12.0 Å². The Morgan fingerprint density at radius 3 is 2.80 bits per heavy atom. The van der Waals surface area contributed by atoms with Crippen LogP contribution in [0.1, 0.15) is 60.8 Å². The molecule has 7 heteroatoms. The van der Waals surface area contributed by atoms with Gasteiger partial charge in [-0.15, -0.1) is 0 Å². The van der Waals surface area contributed by atoms with Crippen molar-refractivity contribution >= 4 is 12.4 Å². The summed E-state index contributed by atoms with van der Waals surface area (Å²) in [5.41, 5.74) is 2.05. The highest BCUT2D eigenvalue weighted by molar-refractivity contribution is 5.84. The predicted octanol–water partition coefficient (Wildman–Crippen LogP) is 4.90. The summed E-state index contributed by atoms with van der Waals surface area (Å²) >= 11 is 0. The van der Waals surface area contributed by atoms with Gasteiger partial charge in [0.15, 0.2) is 12.1 Å². The molecular formula is C23H27F2N3O2. The highest BCUT2D eigenvalue weighted by Crippen LogP contribution is 2.35. The Hall–Kier alpha value is -2.67. The summed E-state index contributed by atoms with van der Waals surface area (Å²) in [7, 11) is 1.76. The van der Waals surface area contributed by atoms with Gasteiger partial charge in [0.25, 0.3) is 0 Å². The Bertz CT molecular complexity index is 960. The van der Waals surface area contributed by atoms with E-state index < -0.39 is 17.6 Å². The zero-order chi connectivity index (χ0) is 21.9. The van der Waals surface area contributed by atoms with Crippen molar-refractivity contribution in [2.75, 3.05) is 13.6 Å². The summed E-state index contributed by atoms with van der Waals surface area (Å²) in [4.78, 5) is 22.0. The van der Waals surface area contributed by atoms with E-state index in [4.69, 9.17) is 4.74 Å². The van der Waals surface area contributed by atoms with Crippen molar-refractivity contribution in [3.05, 3.63) is 52.7 Å². The fourth-order valence-electron chi connectivity index (χ4n) is 3.49. The molecule has 1 atom stereocenters. The molecular weight excluding hydrogens is 388 g/mol. The molecule has 1 aromatic heterocycles. The number of hydrogen-bond acceptors (Lipinski definition) is 5. The lowest BCUT2D eigenvalue weighted by atomic mass is 10.00. The van der Waals surface area contributed by atoms with Crippen LogP contribution in [0.25, 0.3) is 17.5 Å². The minimum Gasteiger partial charge on any atom is -0.377 e. The van der Waals surface area contributed by atoms with Gasteiger partial charge in [-0.2, -0.15) is 0 Å². The number of hydrogen-bond donors (Lipinski definition) is 0. The molecule has 0 saturated heterocycles. The number of alkyl halides is 1. The summed E-state index contributed by atoms with van der Waals surface area (Å²) in [6, 6.07) is 2.72. The zero-order valence-electron chi connectivity index (χ0n) is 17.8. The number of halogens is 2. The van der Waals surface area contributed by atoms with E-state index >= 15 is 0 Å². The van der Waals surface area contributed by atoms with Crippen molar-refractivity contribution in [2.45, 2.75) is 52.0 Å². The maximum absolute atomic E-state index is 14.7. The number of rotatable bonds is 8. The third kappa shape index (κ3) is 4.73. The molecule has 0 spiro atoms. The van der Waals surface area contributed by atoms with Crippen LogP contribution in [0.2, 0.25) is 0 Å². The van der Waals surface area contributed by atoms with Crippen LogP contribution in [0.3, 0.4) is 0 Å². The van der Waals surface area contributed by atoms with E-state index in [9.17, 15) is 13.6 Å². The highest BCUT2D eigenvalue weighted by Gasteiger charge is 2.32. The fourth-order valence-corrected chi connectivity index (χ4v) is 3.49. The van der Waals surface area contributed by atoms with E-state index in [0.29, 0.717) is 24.9 Å². The van der Waals surface area contributed by atoms with E-state index in [0.717, 1.165) is 17.7 Å². The Kier molecular flexibility index (Phi) is 6.61. The lowest BCUT2D eigenvalue weighted by molar-refractivity contribution is -0.00849. The molecule has 0 aliphatic carbocycles. The van der Waals surface area contributed by atoms with Crippen molar-refractivity contribution in [3.63, 3.8) is 0 Å². The van der Waals surface area contributed by atoms with Gasteiger partial charge in [-0.3, -0.25) is 4.79 Å². The quantitative estimate of drug-likeness (QED) is 0.574. The third-order valence-corrected chi connectivity index (χ3v) is 5.22. The molecule has 1 unspecified atom stereocenters. The first-order valence-corrected chi connectivity index (χ1v) is 10.1. The van der Waals surface area contributed by atoms with Crippen molar-refractivity contribution < 1.29 is 18.3 Å². The van der Waals surface area contributed by atoms with Gasteiger partial charge < -0.3 is 9.64 Å². The number of carbonyl (C=O) groups excluding carboxylic acids is 1. The number of fused-ring (bicyclic) bond motifs is 1. The standard InChI is InChI=1S/C23H27F2N3O2/c1-5-6-17(24)12-28(4)8-7-15-9-18(20(25)10-16(15)13-29)22-26-11-19-21(27-22)14-30-23(19,2)3/h7-11,13,17H,5-6,12,14H2,1-4H3/b8-7-. The van der Waals surface area contributed by atoms with E-state index in [1.807, 2.05) is 20.8 Å². The smallest absolute Gasteiger partial charge is 0.162 e. The zero-order valence-corrected chi connectivity index (χ0v) is 17.8. The molecule has 5 nitrogen and oxygen atoms in total. The van der Waals surface area contributed by atoms with Crippen LogP contribution in [0.4, 0.5) is 8.78 Å². The first-order valence-electron chi connectivity index (χ1n) is 10.1. The van der Waals surface area contributed by atoms with Gasteiger partial charge in [-0.05, 0) is 50.2 Å². The highest BCUT2D eigenvalue weighted by atomic mass is 19.1. The molecule has 1 aliphatic rings. The average Bonchev–Trinajstić information content (AvgIpc) is 3.01. The average molecular weight is 415 g/mol. The second kappa shape index (κ2) is 9.00. The molecule has 0 N–H and O–H groups in total. The number of ether oxygens (including phenoxy) is 1. The first kappa shape index (κ1) is 22.0. The van der Waals surface area contributed by atoms with Crippen LogP contribution in [-0.2, 0) is 16.9 Å². The lowest BCUT2D eigenvalue weighted by Gasteiger charge is -2.17. The minimum atomic E-state index is -0.926. The van der Waals surface area contributed by atoms with Crippen molar-refractivity contribution in [1.29, 1.82) is 0 Å². The summed E-state index contributed by atoms with van der Waals surface area (Å²) in [5, 5.41) is 0. The minimum absolute atomic E-state index is 0.199. The molecule has 2 aromatic rings. The normalized spacial score (nSPS) is 15.9. The monoisotopic (exact) mass is 415 g/mol. The van der Waals surface area contributed by atoms with Crippen LogP contribution in [-0.4, -0.2) is 40.9 Å². The van der Waals surface area contributed by atoms with E-state index in [1.165, 1.54) is 6.07 Å². The molecule has 30 heavy (non-hydrogen) atoms. The topological polar surface area (TPSA) is 55.3 Å². The second-order valence-corrected chi connectivity index (χ2v) is 8.07. The molecule has 0 saturated carbocycles. The lowest BCUT2D eigenvalue weighted by Crippen LogP contribution is -2.21.